The smallest absolute Gasteiger partial charge is 0.144 e. The van der Waals surface area contributed by atoms with Crippen molar-refractivity contribution in [1.82, 2.24) is 9.78 Å². The molecule has 1 aromatic heterocycles. The zero-order valence-corrected chi connectivity index (χ0v) is 8.57. The highest BCUT2D eigenvalue weighted by atomic mass is 16.5. The molecule has 1 fully saturated rings. The van der Waals surface area contributed by atoms with Crippen LogP contribution in [0.1, 0.15) is 42.3 Å². The van der Waals surface area contributed by atoms with Gasteiger partial charge in [-0.1, -0.05) is 0 Å². The maximum Gasteiger partial charge on any atom is 0.144 e. The van der Waals surface area contributed by atoms with Crippen LogP contribution in [-0.4, -0.2) is 16.4 Å². The molecule has 0 spiro atoms. The molecule has 2 heterocycles. The van der Waals surface area contributed by atoms with Crippen molar-refractivity contribution in [2.45, 2.75) is 38.3 Å². The van der Waals surface area contributed by atoms with Crippen LogP contribution in [0.5, 0.6) is 0 Å². The molecule has 1 aliphatic carbocycles. The highest BCUT2D eigenvalue weighted by Gasteiger charge is 2.28. The van der Waals surface area contributed by atoms with Gasteiger partial charge in [0.2, 0.25) is 0 Å². The van der Waals surface area contributed by atoms with E-state index in [1.165, 1.54) is 6.42 Å². The van der Waals surface area contributed by atoms with Gasteiger partial charge in [-0.25, -0.2) is 0 Å². The van der Waals surface area contributed by atoms with E-state index in [2.05, 4.69) is 11.2 Å². The number of nitrogens with zero attached hydrogens (tertiary/aromatic N) is 3. The van der Waals surface area contributed by atoms with Gasteiger partial charge in [-0.15, -0.1) is 0 Å². The molecule has 2 aliphatic rings. The average molecular weight is 203 g/mol. The molecule has 0 saturated heterocycles. The van der Waals surface area contributed by atoms with Crippen molar-refractivity contribution in [3.05, 3.63) is 17.0 Å². The van der Waals surface area contributed by atoms with Crippen LogP contribution in [0.3, 0.4) is 0 Å². The van der Waals surface area contributed by atoms with E-state index in [0.717, 1.165) is 42.8 Å². The Hall–Kier alpha value is -1.34. The zero-order chi connectivity index (χ0) is 10.3. The Morgan fingerprint density at radius 3 is 3.00 bits per heavy atom. The molecule has 4 nitrogen and oxygen atoms in total. The van der Waals surface area contributed by atoms with E-state index in [0.29, 0.717) is 12.6 Å². The van der Waals surface area contributed by atoms with Crippen molar-refractivity contribution >= 4 is 0 Å². The van der Waals surface area contributed by atoms with Gasteiger partial charge in [-0.05, 0) is 19.3 Å². The lowest BCUT2D eigenvalue weighted by atomic mass is 9.93. The Bertz CT molecular complexity index is 426. The molecule has 1 saturated carbocycles. The molecule has 78 valence electrons. The number of aromatic nitrogens is 2. The van der Waals surface area contributed by atoms with Crippen LogP contribution in [-0.2, 0) is 17.8 Å². The molecule has 1 aliphatic heterocycles. The van der Waals surface area contributed by atoms with Crippen LogP contribution in [0, 0.1) is 11.3 Å². The van der Waals surface area contributed by atoms with E-state index in [1.54, 1.807) is 0 Å². The van der Waals surface area contributed by atoms with E-state index in [1.807, 2.05) is 4.68 Å². The normalized spacial score (nSPS) is 20.5. The molecule has 0 bridgehead atoms. The van der Waals surface area contributed by atoms with Crippen molar-refractivity contribution in [3.63, 3.8) is 0 Å². The number of fused-ring (bicyclic) bond motifs is 1. The molecule has 15 heavy (non-hydrogen) atoms. The molecule has 0 N–H and O–H groups in total. The van der Waals surface area contributed by atoms with E-state index >= 15 is 0 Å². The first-order valence-electron chi connectivity index (χ1n) is 5.48. The molecule has 4 heteroatoms. The highest BCUT2D eigenvalue weighted by molar-refractivity contribution is 5.36. The van der Waals surface area contributed by atoms with Gasteiger partial charge in [-0.3, -0.25) is 4.68 Å². The lowest BCUT2D eigenvalue weighted by Gasteiger charge is -2.26. The summed E-state index contributed by atoms with van der Waals surface area (Å²) in [5.41, 5.74) is 2.83. The van der Waals surface area contributed by atoms with Gasteiger partial charge >= 0.3 is 0 Å². The second-order valence-electron chi connectivity index (χ2n) is 4.22. The van der Waals surface area contributed by atoms with Gasteiger partial charge in [0, 0.05) is 12.0 Å². The summed E-state index contributed by atoms with van der Waals surface area (Å²) in [5.74, 6) is 0. The fraction of sp³-hybridized carbons (Fsp3) is 0.636. The van der Waals surface area contributed by atoms with Crippen molar-refractivity contribution in [2.75, 3.05) is 6.61 Å². The number of rotatable bonds is 1. The van der Waals surface area contributed by atoms with Crippen molar-refractivity contribution in [1.29, 1.82) is 5.26 Å². The maximum absolute atomic E-state index is 9.17. The molecular weight excluding hydrogens is 190 g/mol. The van der Waals surface area contributed by atoms with Crippen LogP contribution >= 0.6 is 0 Å². The number of hydrogen-bond acceptors (Lipinski definition) is 3. The second kappa shape index (κ2) is 3.35. The second-order valence-corrected chi connectivity index (χ2v) is 4.22. The minimum atomic E-state index is 0.463. The van der Waals surface area contributed by atoms with Gasteiger partial charge in [0.25, 0.3) is 0 Å². The van der Waals surface area contributed by atoms with Gasteiger partial charge in [0.1, 0.15) is 11.8 Å². The van der Waals surface area contributed by atoms with Gasteiger partial charge in [0.15, 0.2) is 0 Å². The number of hydrogen-bond donors (Lipinski definition) is 0. The molecule has 0 radical (unpaired) electrons. The topological polar surface area (TPSA) is 50.8 Å². The summed E-state index contributed by atoms with van der Waals surface area (Å²) in [5, 5.41) is 13.7. The van der Waals surface area contributed by atoms with Crippen LogP contribution < -0.4 is 0 Å². The maximum atomic E-state index is 9.17. The predicted octanol–water partition coefficient (Wildman–Crippen LogP) is 1.55. The Kier molecular flexibility index (Phi) is 2.00. The molecule has 0 amide bonds. The molecule has 1 aromatic rings. The minimum absolute atomic E-state index is 0.463. The predicted molar refractivity (Wildman–Crippen MR) is 53.2 cm³/mol. The van der Waals surface area contributed by atoms with Crippen LogP contribution in [0.2, 0.25) is 0 Å². The fourth-order valence-electron chi connectivity index (χ4n) is 2.23. The van der Waals surface area contributed by atoms with E-state index in [4.69, 9.17) is 10.00 Å². The van der Waals surface area contributed by atoms with Gasteiger partial charge in [-0.2, -0.15) is 10.4 Å². The monoisotopic (exact) mass is 203 g/mol. The Morgan fingerprint density at radius 2 is 2.33 bits per heavy atom. The summed E-state index contributed by atoms with van der Waals surface area (Å²) in [4.78, 5) is 0. The molecule has 0 atom stereocenters. The fourth-order valence-corrected chi connectivity index (χ4v) is 2.23. The summed E-state index contributed by atoms with van der Waals surface area (Å²) in [6.07, 6.45) is 4.44. The third-order valence-corrected chi connectivity index (χ3v) is 3.35. The van der Waals surface area contributed by atoms with E-state index < -0.39 is 0 Å². The standard InChI is InChI=1S/C11H13N3O/c12-6-11-9-7-15-5-4-10(9)13-14(11)8-2-1-3-8/h8H,1-5,7H2. The summed E-state index contributed by atoms with van der Waals surface area (Å²) in [6, 6.07) is 2.74. The summed E-state index contributed by atoms with van der Waals surface area (Å²) in [7, 11) is 0. The third-order valence-electron chi connectivity index (χ3n) is 3.35. The van der Waals surface area contributed by atoms with E-state index in [-0.39, 0.29) is 0 Å². The highest BCUT2D eigenvalue weighted by Crippen LogP contribution is 2.34. The van der Waals surface area contributed by atoms with Gasteiger partial charge < -0.3 is 4.74 Å². The quantitative estimate of drug-likeness (QED) is 0.695. The Balaban J connectivity index is 2.06. The summed E-state index contributed by atoms with van der Waals surface area (Å²) < 4.78 is 7.31. The number of ether oxygens (including phenoxy) is 1. The van der Waals surface area contributed by atoms with Crippen molar-refractivity contribution < 1.29 is 4.74 Å². The zero-order valence-electron chi connectivity index (χ0n) is 8.57. The van der Waals surface area contributed by atoms with Gasteiger partial charge in [0.05, 0.1) is 24.9 Å². The van der Waals surface area contributed by atoms with E-state index in [9.17, 15) is 0 Å². The van der Waals surface area contributed by atoms with Crippen LogP contribution in [0.25, 0.3) is 0 Å². The SMILES string of the molecule is N#Cc1c2c(nn1C1CCC1)CCOC2. The van der Waals surface area contributed by atoms with Crippen molar-refractivity contribution in [2.24, 2.45) is 0 Å². The Labute approximate surface area is 88.5 Å². The number of nitriles is 1. The lowest BCUT2D eigenvalue weighted by Crippen LogP contribution is -2.19. The Morgan fingerprint density at radius 1 is 1.47 bits per heavy atom. The van der Waals surface area contributed by atoms with Crippen molar-refractivity contribution in [3.8, 4) is 6.07 Å². The minimum Gasteiger partial charge on any atom is -0.376 e. The van der Waals surface area contributed by atoms with Crippen LogP contribution in [0.4, 0.5) is 0 Å². The first-order chi connectivity index (χ1) is 7.40. The summed E-state index contributed by atoms with van der Waals surface area (Å²) >= 11 is 0. The van der Waals surface area contributed by atoms with Crippen LogP contribution in [0.15, 0.2) is 0 Å². The largest absolute Gasteiger partial charge is 0.376 e. The average Bonchev–Trinajstić information content (AvgIpc) is 2.53. The molecular formula is C11H13N3O. The third kappa shape index (κ3) is 1.27. The molecule has 3 rings (SSSR count). The first kappa shape index (κ1) is 8.93. The first-order valence-corrected chi connectivity index (χ1v) is 5.48. The lowest BCUT2D eigenvalue weighted by molar-refractivity contribution is 0.110. The summed E-state index contributed by atoms with van der Waals surface area (Å²) in [6.45, 7) is 1.30. The molecule has 0 aromatic carbocycles. The molecule has 0 unspecified atom stereocenters.